The molecule has 2 nitrogen and oxygen atoms in total. The van der Waals surface area contributed by atoms with Crippen LogP contribution in [0, 0.1) is 6.92 Å². The summed E-state index contributed by atoms with van der Waals surface area (Å²) in [6, 6.07) is 7.21. The molecule has 1 aliphatic carbocycles. The standard InChI is InChI=1S/C17H27NO/c1-5-10-18-14-8-9-17(3,12-14)15-11-13(2)6-7-16(15)19-4/h6-7,11,14,18H,5,8-10,12H2,1-4H3. The smallest absolute Gasteiger partial charge is 0.122 e. The second-order valence-corrected chi connectivity index (χ2v) is 6.16. The molecule has 0 saturated heterocycles. The summed E-state index contributed by atoms with van der Waals surface area (Å²) in [5, 5.41) is 3.67. The zero-order valence-electron chi connectivity index (χ0n) is 12.8. The molecule has 0 radical (unpaired) electrons. The number of methoxy groups -OCH3 is 1. The predicted molar refractivity (Wildman–Crippen MR) is 81.0 cm³/mol. The monoisotopic (exact) mass is 261 g/mol. The minimum absolute atomic E-state index is 0.253. The number of nitrogens with one attached hydrogen (secondary N) is 1. The third-order valence-corrected chi connectivity index (χ3v) is 4.43. The summed E-state index contributed by atoms with van der Waals surface area (Å²) in [6.07, 6.45) is 4.94. The molecule has 0 aliphatic heterocycles. The van der Waals surface area contributed by atoms with E-state index in [0.29, 0.717) is 6.04 Å². The highest BCUT2D eigenvalue weighted by Gasteiger charge is 2.38. The van der Waals surface area contributed by atoms with E-state index in [1.807, 2.05) is 0 Å². The van der Waals surface area contributed by atoms with Crippen molar-refractivity contribution in [2.45, 2.75) is 57.9 Å². The van der Waals surface area contributed by atoms with Crippen molar-refractivity contribution in [3.05, 3.63) is 29.3 Å². The number of benzene rings is 1. The fourth-order valence-corrected chi connectivity index (χ4v) is 3.30. The fourth-order valence-electron chi connectivity index (χ4n) is 3.30. The van der Waals surface area contributed by atoms with Gasteiger partial charge in [-0.25, -0.2) is 0 Å². The van der Waals surface area contributed by atoms with Crippen LogP contribution in [0.3, 0.4) is 0 Å². The van der Waals surface area contributed by atoms with Crippen molar-refractivity contribution in [2.24, 2.45) is 0 Å². The SMILES string of the molecule is CCCNC1CCC(C)(c2cc(C)ccc2OC)C1. The van der Waals surface area contributed by atoms with Crippen LogP contribution < -0.4 is 10.1 Å². The van der Waals surface area contributed by atoms with Crippen LogP contribution >= 0.6 is 0 Å². The Morgan fingerprint density at radius 1 is 1.42 bits per heavy atom. The van der Waals surface area contributed by atoms with Gasteiger partial charge in [0.05, 0.1) is 7.11 Å². The van der Waals surface area contributed by atoms with Gasteiger partial charge in [-0.15, -0.1) is 0 Å². The summed E-state index contributed by atoms with van der Waals surface area (Å²) in [6.45, 7) is 7.91. The van der Waals surface area contributed by atoms with E-state index in [0.717, 1.165) is 12.3 Å². The van der Waals surface area contributed by atoms with E-state index in [1.165, 1.54) is 36.8 Å². The summed E-state index contributed by atoms with van der Waals surface area (Å²) < 4.78 is 5.57. The molecule has 2 unspecified atom stereocenters. The van der Waals surface area contributed by atoms with Gasteiger partial charge in [-0.1, -0.05) is 31.5 Å². The van der Waals surface area contributed by atoms with Gasteiger partial charge in [0.2, 0.25) is 0 Å². The van der Waals surface area contributed by atoms with Crippen LogP contribution in [0.2, 0.25) is 0 Å². The Balaban J connectivity index is 2.19. The number of ether oxygens (including phenoxy) is 1. The van der Waals surface area contributed by atoms with Crippen LogP contribution in [0.15, 0.2) is 18.2 Å². The molecule has 1 aromatic rings. The Bertz CT molecular complexity index is 429. The molecule has 19 heavy (non-hydrogen) atoms. The van der Waals surface area contributed by atoms with Gasteiger partial charge >= 0.3 is 0 Å². The van der Waals surface area contributed by atoms with Crippen molar-refractivity contribution < 1.29 is 4.74 Å². The maximum absolute atomic E-state index is 5.57. The summed E-state index contributed by atoms with van der Waals surface area (Å²) in [5.41, 5.74) is 2.96. The summed E-state index contributed by atoms with van der Waals surface area (Å²) in [5.74, 6) is 1.05. The molecule has 0 aromatic heterocycles. The molecule has 0 heterocycles. The third kappa shape index (κ3) is 3.11. The molecule has 2 rings (SSSR count). The van der Waals surface area contributed by atoms with Crippen LogP contribution in [0.4, 0.5) is 0 Å². The van der Waals surface area contributed by atoms with Crippen molar-refractivity contribution in [2.75, 3.05) is 13.7 Å². The van der Waals surface area contributed by atoms with Crippen LogP contribution in [0.25, 0.3) is 0 Å². The zero-order valence-corrected chi connectivity index (χ0v) is 12.8. The molecule has 1 aromatic carbocycles. The highest BCUT2D eigenvalue weighted by Crippen LogP contribution is 2.44. The Kier molecular flexibility index (Phi) is 4.51. The summed E-state index contributed by atoms with van der Waals surface area (Å²) in [7, 11) is 1.78. The lowest BCUT2D eigenvalue weighted by atomic mass is 9.79. The molecule has 0 amide bonds. The van der Waals surface area contributed by atoms with Gasteiger partial charge < -0.3 is 10.1 Å². The average molecular weight is 261 g/mol. The quantitative estimate of drug-likeness (QED) is 0.870. The lowest BCUT2D eigenvalue weighted by Crippen LogP contribution is -2.29. The highest BCUT2D eigenvalue weighted by atomic mass is 16.5. The second-order valence-electron chi connectivity index (χ2n) is 6.16. The van der Waals surface area contributed by atoms with Gasteiger partial charge in [0.25, 0.3) is 0 Å². The molecule has 2 atom stereocenters. The second kappa shape index (κ2) is 5.96. The Morgan fingerprint density at radius 3 is 2.89 bits per heavy atom. The first-order chi connectivity index (χ1) is 9.09. The fraction of sp³-hybridized carbons (Fsp3) is 0.647. The number of rotatable bonds is 5. The Labute approximate surface area is 117 Å². The minimum atomic E-state index is 0.253. The van der Waals surface area contributed by atoms with E-state index in [9.17, 15) is 0 Å². The Hall–Kier alpha value is -1.02. The number of hydrogen-bond donors (Lipinski definition) is 1. The predicted octanol–water partition coefficient (Wildman–Crippen LogP) is 3.81. The first kappa shape index (κ1) is 14.4. The molecule has 2 heteroatoms. The molecular weight excluding hydrogens is 234 g/mol. The van der Waals surface area contributed by atoms with Crippen molar-refractivity contribution in [3.8, 4) is 5.75 Å². The first-order valence-corrected chi connectivity index (χ1v) is 7.47. The van der Waals surface area contributed by atoms with Gasteiger partial charge in [-0.05, 0) is 50.6 Å². The molecule has 1 N–H and O–H groups in total. The summed E-state index contributed by atoms with van der Waals surface area (Å²) >= 11 is 0. The molecule has 0 spiro atoms. The zero-order chi connectivity index (χ0) is 13.9. The van der Waals surface area contributed by atoms with Gasteiger partial charge in [0.15, 0.2) is 0 Å². The molecule has 1 fully saturated rings. The highest BCUT2D eigenvalue weighted by molar-refractivity contribution is 5.42. The van der Waals surface area contributed by atoms with Gasteiger partial charge in [0, 0.05) is 11.6 Å². The largest absolute Gasteiger partial charge is 0.496 e. The van der Waals surface area contributed by atoms with Gasteiger partial charge in [-0.3, -0.25) is 0 Å². The molecular formula is C17H27NO. The van der Waals surface area contributed by atoms with Crippen LogP contribution in [-0.2, 0) is 5.41 Å². The van der Waals surface area contributed by atoms with Crippen molar-refractivity contribution in [3.63, 3.8) is 0 Å². The van der Waals surface area contributed by atoms with E-state index in [2.05, 4.69) is 44.3 Å². The van der Waals surface area contributed by atoms with Crippen molar-refractivity contribution >= 4 is 0 Å². The van der Waals surface area contributed by atoms with Crippen LogP contribution in [-0.4, -0.2) is 19.7 Å². The molecule has 1 aliphatic rings. The third-order valence-electron chi connectivity index (χ3n) is 4.43. The van der Waals surface area contributed by atoms with Crippen molar-refractivity contribution in [1.29, 1.82) is 0 Å². The Morgan fingerprint density at radius 2 is 2.21 bits per heavy atom. The van der Waals surface area contributed by atoms with Crippen LogP contribution in [0.5, 0.6) is 5.75 Å². The van der Waals surface area contributed by atoms with E-state index in [4.69, 9.17) is 4.74 Å². The topological polar surface area (TPSA) is 21.3 Å². The lowest BCUT2D eigenvalue weighted by Gasteiger charge is -2.27. The average Bonchev–Trinajstić information content (AvgIpc) is 2.79. The lowest BCUT2D eigenvalue weighted by molar-refractivity contribution is 0.381. The van der Waals surface area contributed by atoms with E-state index in [1.54, 1.807) is 7.11 Å². The maximum Gasteiger partial charge on any atom is 0.122 e. The van der Waals surface area contributed by atoms with E-state index >= 15 is 0 Å². The van der Waals surface area contributed by atoms with Crippen LogP contribution in [0.1, 0.15) is 50.7 Å². The van der Waals surface area contributed by atoms with Gasteiger partial charge in [-0.2, -0.15) is 0 Å². The normalized spacial score (nSPS) is 26.6. The number of hydrogen-bond acceptors (Lipinski definition) is 2. The van der Waals surface area contributed by atoms with Crippen molar-refractivity contribution in [1.82, 2.24) is 5.32 Å². The molecule has 0 bridgehead atoms. The minimum Gasteiger partial charge on any atom is -0.496 e. The van der Waals surface area contributed by atoms with E-state index < -0.39 is 0 Å². The van der Waals surface area contributed by atoms with E-state index in [-0.39, 0.29) is 5.41 Å². The molecule has 106 valence electrons. The summed E-state index contributed by atoms with van der Waals surface area (Å²) in [4.78, 5) is 0. The molecule has 1 saturated carbocycles. The maximum atomic E-state index is 5.57. The first-order valence-electron chi connectivity index (χ1n) is 7.47. The number of aryl methyl sites for hydroxylation is 1. The van der Waals surface area contributed by atoms with Gasteiger partial charge in [0.1, 0.15) is 5.75 Å².